The number of nitrogens with two attached hydrogens (primary N) is 1. The first kappa shape index (κ1) is 12.6. The fourth-order valence-corrected chi connectivity index (χ4v) is 2.31. The average molecular weight is 253 g/mol. The van der Waals surface area contributed by atoms with E-state index in [9.17, 15) is 4.79 Å². The second-order valence-corrected chi connectivity index (χ2v) is 4.99. The van der Waals surface area contributed by atoms with Gasteiger partial charge in [0.25, 0.3) is 0 Å². The van der Waals surface area contributed by atoms with Crippen LogP contribution in [0.5, 0.6) is 0 Å². The van der Waals surface area contributed by atoms with Crippen molar-refractivity contribution in [1.29, 1.82) is 0 Å². The molecule has 1 fully saturated rings. The molecule has 1 heterocycles. The van der Waals surface area contributed by atoms with E-state index in [2.05, 4.69) is 4.90 Å². The smallest absolute Gasteiger partial charge is 0.176 e. The summed E-state index contributed by atoms with van der Waals surface area (Å²) in [6, 6.07) is 7.06. The van der Waals surface area contributed by atoms with Gasteiger partial charge in [0, 0.05) is 17.1 Å². The molecule has 2 N–H and O–H groups in total. The maximum absolute atomic E-state index is 12.0. The first-order chi connectivity index (χ1) is 8.19. The highest BCUT2D eigenvalue weighted by Gasteiger charge is 2.23. The summed E-state index contributed by atoms with van der Waals surface area (Å²) in [6.45, 7) is 3.11. The zero-order chi connectivity index (χ0) is 12.3. The van der Waals surface area contributed by atoms with Gasteiger partial charge in [0.15, 0.2) is 5.78 Å². The highest BCUT2D eigenvalue weighted by atomic mass is 35.5. The Morgan fingerprint density at radius 1 is 1.41 bits per heavy atom. The van der Waals surface area contributed by atoms with Crippen LogP contribution >= 0.6 is 11.6 Å². The molecule has 1 aromatic rings. The Morgan fingerprint density at radius 3 is 2.71 bits per heavy atom. The number of hydrogen-bond donors (Lipinski definition) is 1. The Labute approximate surface area is 107 Å². The highest BCUT2D eigenvalue weighted by Crippen LogP contribution is 2.16. The Kier molecular flexibility index (Phi) is 4.15. The van der Waals surface area contributed by atoms with Gasteiger partial charge in [-0.25, -0.2) is 0 Å². The molecule has 0 aromatic heterocycles. The second kappa shape index (κ2) is 5.63. The summed E-state index contributed by atoms with van der Waals surface area (Å²) < 4.78 is 0. The molecule has 0 aliphatic carbocycles. The predicted octanol–water partition coefficient (Wildman–Crippen LogP) is 1.80. The highest BCUT2D eigenvalue weighted by molar-refractivity contribution is 6.30. The third kappa shape index (κ3) is 3.28. The van der Waals surface area contributed by atoms with Crippen LogP contribution in [0.2, 0.25) is 5.02 Å². The van der Waals surface area contributed by atoms with Gasteiger partial charge in [-0.15, -0.1) is 0 Å². The number of hydrogen-bond acceptors (Lipinski definition) is 3. The van der Waals surface area contributed by atoms with E-state index in [1.165, 1.54) is 0 Å². The molecule has 92 valence electrons. The monoisotopic (exact) mass is 252 g/mol. The minimum atomic E-state index is 0.152. The van der Waals surface area contributed by atoms with Crippen molar-refractivity contribution in [2.45, 2.75) is 6.42 Å². The molecule has 1 aliphatic rings. The van der Waals surface area contributed by atoms with Gasteiger partial charge in [0.05, 0.1) is 6.54 Å². The van der Waals surface area contributed by atoms with Crippen molar-refractivity contribution >= 4 is 17.4 Å². The van der Waals surface area contributed by atoms with Crippen LogP contribution in [-0.4, -0.2) is 36.9 Å². The molecular weight excluding hydrogens is 236 g/mol. The van der Waals surface area contributed by atoms with Crippen LogP contribution in [0.15, 0.2) is 24.3 Å². The maximum atomic E-state index is 12.0. The lowest BCUT2D eigenvalue weighted by atomic mass is 10.1. The number of nitrogens with zero attached hydrogens (tertiary/aromatic N) is 1. The number of carbonyl (C=O) groups is 1. The van der Waals surface area contributed by atoms with Gasteiger partial charge >= 0.3 is 0 Å². The van der Waals surface area contributed by atoms with Crippen LogP contribution < -0.4 is 5.73 Å². The summed E-state index contributed by atoms with van der Waals surface area (Å²) in [6.07, 6.45) is 1.10. The number of ketones is 1. The molecule has 0 amide bonds. The van der Waals surface area contributed by atoms with Gasteiger partial charge in [-0.2, -0.15) is 0 Å². The van der Waals surface area contributed by atoms with E-state index < -0.39 is 0 Å². The molecule has 1 aromatic carbocycles. The molecule has 0 saturated carbocycles. The molecule has 1 aliphatic heterocycles. The molecule has 4 heteroatoms. The number of rotatable bonds is 4. The molecule has 1 atom stereocenters. The molecular formula is C13H17ClN2O. The molecule has 17 heavy (non-hydrogen) atoms. The average Bonchev–Trinajstić information content (AvgIpc) is 2.77. The van der Waals surface area contributed by atoms with E-state index in [0.29, 0.717) is 24.0 Å². The quantitative estimate of drug-likeness (QED) is 0.832. The minimum Gasteiger partial charge on any atom is -0.330 e. The number of carbonyl (C=O) groups excluding carboxylic acids is 1. The molecule has 0 radical (unpaired) electrons. The number of likely N-dealkylation sites (tertiary alicyclic amines) is 1. The number of Topliss-reactive ketones (excluding diaryl/α,β-unsaturated/α-hetero) is 1. The van der Waals surface area contributed by atoms with Gasteiger partial charge < -0.3 is 5.73 Å². The zero-order valence-corrected chi connectivity index (χ0v) is 10.5. The van der Waals surface area contributed by atoms with Crippen LogP contribution in [0.3, 0.4) is 0 Å². The van der Waals surface area contributed by atoms with Crippen molar-refractivity contribution in [2.75, 3.05) is 26.2 Å². The molecule has 2 rings (SSSR count). The summed E-state index contributed by atoms with van der Waals surface area (Å²) in [7, 11) is 0. The van der Waals surface area contributed by atoms with Gasteiger partial charge in [0.2, 0.25) is 0 Å². The normalized spacial score (nSPS) is 20.7. The van der Waals surface area contributed by atoms with Crippen LogP contribution in [0.1, 0.15) is 16.8 Å². The maximum Gasteiger partial charge on any atom is 0.176 e. The van der Waals surface area contributed by atoms with Crippen LogP contribution in [0.25, 0.3) is 0 Å². The van der Waals surface area contributed by atoms with Crippen LogP contribution in [0.4, 0.5) is 0 Å². The van der Waals surface area contributed by atoms with Crippen molar-refractivity contribution in [3.63, 3.8) is 0 Å². The van der Waals surface area contributed by atoms with Crippen LogP contribution in [0, 0.1) is 5.92 Å². The van der Waals surface area contributed by atoms with E-state index in [1.807, 2.05) is 0 Å². The Morgan fingerprint density at radius 2 is 2.12 bits per heavy atom. The molecule has 0 spiro atoms. The lowest BCUT2D eigenvalue weighted by molar-refractivity contribution is 0.0943. The lowest BCUT2D eigenvalue weighted by Crippen LogP contribution is -2.29. The third-order valence-corrected chi connectivity index (χ3v) is 3.49. The zero-order valence-electron chi connectivity index (χ0n) is 9.73. The van der Waals surface area contributed by atoms with Crippen LogP contribution in [-0.2, 0) is 0 Å². The molecule has 1 unspecified atom stereocenters. The lowest BCUT2D eigenvalue weighted by Gasteiger charge is -2.14. The van der Waals surface area contributed by atoms with Crippen molar-refractivity contribution in [3.8, 4) is 0 Å². The summed E-state index contributed by atoms with van der Waals surface area (Å²) in [5, 5.41) is 0.658. The van der Waals surface area contributed by atoms with Gasteiger partial charge in [-0.1, -0.05) is 11.6 Å². The van der Waals surface area contributed by atoms with E-state index in [4.69, 9.17) is 17.3 Å². The Hall–Kier alpha value is -0.900. The third-order valence-electron chi connectivity index (χ3n) is 3.24. The molecule has 1 saturated heterocycles. The van der Waals surface area contributed by atoms with Gasteiger partial charge in [-0.05, 0) is 49.7 Å². The number of benzene rings is 1. The summed E-state index contributed by atoms with van der Waals surface area (Å²) >= 11 is 5.79. The summed E-state index contributed by atoms with van der Waals surface area (Å²) in [5.41, 5.74) is 6.36. The van der Waals surface area contributed by atoms with E-state index >= 15 is 0 Å². The minimum absolute atomic E-state index is 0.152. The fraction of sp³-hybridized carbons (Fsp3) is 0.462. The fourth-order valence-electron chi connectivity index (χ4n) is 2.18. The van der Waals surface area contributed by atoms with Crippen molar-refractivity contribution in [3.05, 3.63) is 34.9 Å². The first-order valence-electron chi connectivity index (χ1n) is 5.90. The topological polar surface area (TPSA) is 46.3 Å². The summed E-state index contributed by atoms with van der Waals surface area (Å²) in [5.74, 6) is 0.701. The molecule has 3 nitrogen and oxygen atoms in total. The number of halogens is 1. The molecule has 0 bridgehead atoms. The van der Waals surface area contributed by atoms with E-state index in [-0.39, 0.29) is 5.78 Å². The SMILES string of the molecule is NCC1CCN(CC(=O)c2ccc(Cl)cc2)C1. The standard InChI is InChI=1S/C13H17ClN2O/c14-12-3-1-11(2-4-12)13(17)9-16-6-5-10(7-15)8-16/h1-4,10H,5-9,15H2. The van der Waals surface area contributed by atoms with Gasteiger partial charge in [-0.3, -0.25) is 9.69 Å². The Bertz CT molecular complexity index is 391. The van der Waals surface area contributed by atoms with E-state index in [0.717, 1.165) is 25.1 Å². The van der Waals surface area contributed by atoms with Crippen molar-refractivity contribution in [1.82, 2.24) is 4.90 Å². The van der Waals surface area contributed by atoms with Crippen molar-refractivity contribution < 1.29 is 4.79 Å². The predicted molar refractivity (Wildman–Crippen MR) is 69.4 cm³/mol. The van der Waals surface area contributed by atoms with E-state index in [1.54, 1.807) is 24.3 Å². The van der Waals surface area contributed by atoms with Crippen molar-refractivity contribution in [2.24, 2.45) is 11.7 Å². The van der Waals surface area contributed by atoms with Gasteiger partial charge in [0.1, 0.15) is 0 Å². The first-order valence-corrected chi connectivity index (χ1v) is 6.28. The summed E-state index contributed by atoms with van der Waals surface area (Å²) in [4.78, 5) is 14.2. The second-order valence-electron chi connectivity index (χ2n) is 4.56. The largest absolute Gasteiger partial charge is 0.330 e. The Balaban J connectivity index is 1.91.